The molecule has 2 aromatic rings. The Labute approximate surface area is 151 Å². The van der Waals surface area contributed by atoms with Crippen molar-refractivity contribution in [2.45, 2.75) is 11.4 Å². The molecule has 0 bridgehead atoms. The lowest BCUT2D eigenvalue weighted by atomic mass is 10.2. The summed E-state index contributed by atoms with van der Waals surface area (Å²) in [6, 6.07) is 6.74. The van der Waals surface area contributed by atoms with Crippen LogP contribution in [0.2, 0.25) is 0 Å². The summed E-state index contributed by atoms with van der Waals surface area (Å²) in [4.78, 5) is 13.4. The van der Waals surface area contributed by atoms with Gasteiger partial charge in [0.05, 0.1) is 11.4 Å². The molecule has 1 saturated heterocycles. The van der Waals surface area contributed by atoms with Crippen molar-refractivity contribution in [1.82, 2.24) is 9.88 Å². The second-order valence-electron chi connectivity index (χ2n) is 5.88. The summed E-state index contributed by atoms with van der Waals surface area (Å²) in [7, 11) is -3.17. The van der Waals surface area contributed by atoms with Crippen molar-refractivity contribution in [1.29, 1.82) is 0 Å². The van der Waals surface area contributed by atoms with Gasteiger partial charge in [0.15, 0.2) is 20.9 Å². The third-order valence-electron chi connectivity index (χ3n) is 4.07. The highest BCUT2D eigenvalue weighted by atomic mass is 32.2. The van der Waals surface area contributed by atoms with Crippen LogP contribution in [0.1, 0.15) is 5.56 Å². The lowest BCUT2D eigenvalue weighted by Crippen LogP contribution is -2.51. The Hall–Kier alpha value is -2.13. The molecule has 0 radical (unpaired) electrons. The lowest BCUT2D eigenvalue weighted by molar-refractivity contribution is 0.380. The SMILES string of the molecule is CS(=O)(=O)c1ccc(CN=C(N)N2CCN(c3nccs3)CC2)cc1. The van der Waals surface area contributed by atoms with Crippen LogP contribution in [0.25, 0.3) is 0 Å². The first-order valence-corrected chi connectivity index (χ1v) is 10.7. The van der Waals surface area contributed by atoms with Gasteiger partial charge in [-0.2, -0.15) is 0 Å². The molecule has 0 amide bonds. The van der Waals surface area contributed by atoms with Crippen LogP contribution in [0.3, 0.4) is 0 Å². The van der Waals surface area contributed by atoms with E-state index in [1.54, 1.807) is 35.6 Å². The normalized spacial score (nSPS) is 16.3. The van der Waals surface area contributed by atoms with Gasteiger partial charge in [0.25, 0.3) is 0 Å². The number of hydrogen-bond acceptors (Lipinski definition) is 6. The van der Waals surface area contributed by atoms with Crippen LogP contribution in [0.15, 0.2) is 45.7 Å². The van der Waals surface area contributed by atoms with Crippen LogP contribution in [-0.2, 0) is 16.4 Å². The summed E-state index contributed by atoms with van der Waals surface area (Å²) in [5, 5.41) is 3.02. The van der Waals surface area contributed by atoms with Crippen molar-refractivity contribution in [3.8, 4) is 0 Å². The summed E-state index contributed by atoms with van der Waals surface area (Å²) >= 11 is 1.64. The van der Waals surface area contributed by atoms with E-state index in [0.29, 0.717) is 17.4 Å². The number of aromatic nitrogens is 1. The topological polar surface area (TPSA) is 91.9 Å². The maximum atomic E-state index is 11.5. The van der Waals surface area contributed by atoms with Crippen molar-refractivity contribution in [2.24, 2.45) is 10.7 Å². The summed E-state index contributed by atoms with van der Waals surface area (Å²) in [5.74, 6) is 0.519. The molecule has 25 heavy (non-hydrogen) atoms. The smallest absolute Gasteiger partial charge is 0.191 e. The van der Waals surface area contributed by atoms with Gasteiger partial charge in [-0.1, -0.05) is 12.1 Å². The Morgan fingerprint density at radius 2 is 1.92 bits per heavy atom. The largest absolute Gasteiger partial charge is 0.370 e. The first-order chi connectivity index (χ1) is 11.9. The Morgan fingerprint density at radius 3 is 2.48 bits per heavy atom. The van der Waals surface area contributed by atoms with Gasteiger partial charge in [0, 0.05) is 44.0 Å². The van der Waals surface area contributed by atoms with E-state index < -0.39 is 9.84 Å². The zero-order valence-electron chi connectivity index (χ0n) is 14.0. The summed E-state index contributed by atoms with van der Waals surface area (Å²) in [5.41, 5.74) is 7.04. The van der Waals surface area contributed by atoms with Crippen molar-refractivity contribution in [3.05, 3.63) is 41.4 Å². The minimum Gasteiger partial charge on any atom is -0.370 e. The molecule has 0 unspecified atom stereocenters. The van der Waals surface area contributed by atoms with E-state index in [1.165, 1.54) is 6.26 Å². The summed E-state index contributed by atoms with van der Waals surface area (Å²) < 4.78 is 22.9. The second kappa shape index (κ2) is 7.40. The molecular weight excluding hydrogens is 358 g/mol. The Bertz CT molecular complexity index is 824. The molecule has 134 valence electrons. The van der Waals surface area contributed by atoms with E-state index in [9.17, 15) is 8.42 Å². The maximum absolute atomic E-state index is 11.5. The van der Waals surface area contributed by atoms with Crippen LogP contribution in [0, 0.1) is 0 Å². The standard InChI is InChI=1S/C16H21N5O2S2/c1-25(22,23)14-4-2-13(3-5-14)12-19-15(17)20-7-9-21(10-8-20)16-18-6-11-24-16/h2-6,11H,7-10,12H2,1H3,(H2,17,19). The summed E-state index contributed by atoms with van der Waals surface area (Å²) in [6.45, 7) is 3.78. The molecule has 0 atom stereocenters. The Kier molecular flexibility index (Phi) is 5.24. The van der Waals surface area contributed by atoms with Gasteiger partial charge in [-0.25, -0.2) is 18.4 Å². The summed E-state index contributed by atoms with van der Waals surface area (Å²) in [6.07, 6.45) is 3.01. The fraction of sp³-hybridized carbons (Fsp3) is 0.375. The van der Waals surface area contributed by atoms with Gasteiger partial charge in [0.2, 0.25) is 0 Å². The van der Waals surface area contributed by atoms with Crippen molar-refractivity contribution < 1.29 is 8.42 Å². The maximum Gasteiger partial charge on any atom is 0.191 e. The van der Waals surface area contributed by atoms with Gasteiger partial charge in [-0.15, -0.1) is 11.3 Å². The number of anilines is 1. The van der Waals surface area contributed by atoms with Crippen LogP contribution in [0.4, 0.5) is 5.13 Å². The first kappa shape index (κ1) is 17.7. The molecule has 1 aromatic carbocycles. The predicted molar refractivity (Wildman–Crippen MR) is 101 cm³/mol. The second-order valence-corrected chi connectivity index (χ2v) is 8.77. The Balaban J connectivity index is 1.55. The first-order valence-electron chi connectivity index (χ1n) is 7.92. The number of hydrogen-bond donors (Lipinski definition) is 1. The number of nitrogens with zero attached hydrogens (tertiary/aromatic N) is 4. The number of nitrogens with two attached hydrogens (primary N) is 1. The number of piperazine rings is 1. The molecule has 0 saturated carbocycles. The Morgan fingerprint density at radius 1 is 1.24 bits per heavy atom. The van der Waals surface area contributed by atoms with Crippen LogP contribution < -0.4 is 10.6 Å². The highest BCUT2D eigenvalue weighted by Crippen LogP contribution is 2.18. The number of guanidine groups is 1. The van der Waals surface area contributed by atoms with Crippen molar-refractivity contribution in [2.75, 3.05) is 37.3 Å². The van der Waals surface area contributed by atoms with Crippen LogP contribution in [-0.4, -0.2) is 56.7 Å². The number of benzene rings is 1. The van der Waals surface area contributed by atoms with E-state index in [0.717, 1.165) is 36.9 Å². The third kappa shape index (κ3) is 4.49. The average Bonchev–Trinajstić information content (AvgIpc) is 3.14. The molecule has 7 nitrogen and oxygen atoms in total. The average molecular weight is 380 g/mol. The monoisotopic (exact) mass is 379 g/mol. The molecule has 2 N–H and O–H groups in total. The molecule has 3 rings (SSSR count). The zero-order chi connectivity index (χ0) is 17.9. The minimum atomic E-state index is -3.17. The lowest BCUT2D eigenvalue weighted by Gasteiger charge is -2.35. The third-order valence-corrected chi connectivity index (χ3v) is 6.03. The highest BCUT2D eigenvalue weighted by Gasteiger charge is 2.19. The molecule has 0 spiro atoms. The highest BCUT2D eigenvalue weighted by molar-refractivity contribution is 7.90. The fourth-order valence-electron chi connectivity index (χ4n) is 2.61. The van der Waals surface area contributed by atoms with Crippen molar-refractivity contribution in [3.63, 3.8) is 0 Å². The van der Waals surface area contributed by atoms with Crippen LogP contribution >= 0.6 is 11.3 Å². The molecule has 0 aliphatic carbocycles. The molecule has 1 aliphatic rings. The number of aliphatic imine (C=N–C) groups is 1. The van der Waals surface area contributed by atoms with E-state index in [2.05, 4.69) is 19.8 Å². The van der Waals surface area contributed by atoms with Gasteiger partial charge in [-0.05, 0) is 17.7 Å². The zero-order valence-corrected chi connectivity index (χ0v) is 15.6. The van der Waals surface area contributed by atoms with Gasteiger partial charge in [-0.3, -0.25) is 0 Å². The van der Waals surface area contributed by atoms with E-state index in [4.69, 9.17) is 5.73 Å². The molecular formula is C16H21N5O2S2. The minimum absolute atomic E-state index is 0.312. The number of thiazole rings is 1. The number of rotatable bonds is 4. The van der Waals surface area contributed by atoms with Crippen LogP contribution in [0.5, 0.6) is 0 Å². The molecule has 1 fully saturated rings. The quantitative estimate of drug-likeness (QED) is 0.634. The molecule has 9 heteroatoms. The number of sulfone groups is 1. The van der Waals surface area contributed by atoms with E-state index in [1.807, 2.05) is 11.6 Å². The van der Waals surface area contributed by atoms with E-state index in [-0.39, 0.29) is 0 Å². The van der Waals surface area contributed by atoms with Gasteiger partial charge < -0.3 is 15.5 Å². The van der Waals surface area contributed by atoms with Gasteiger partial charge >= 0.3 is 0 Å². The predicted octanol–water partition coefficient (Wildman–Crippen LogP) is 1.18. The van der Waals surface area contributed by atoms with Gasteiger partial charge in [0.1, 0.15) is 0 Å². The van der Waals surface area contributed by atoms with E-state index >= 15 is 0 Å². The molecule has 1 aromatic heterocycles. The molecule has 1 aliphatic heterocycles. The van der Waals surface area contributed by atoms with Crippen molar-refractivity contribution >= 4 is 32.3 Å². The fourth-order valence-corrected chi connectivity index (χ4v) is 3.94. The molecule has 2 heterocycles.